The molecule has 0 radical (unpaired) electrons. The first-order chi connectivity index (χ1) is 15.7. The predicted molar refractivity (Wildman–Crippen MR) is 117 cm³/mol. The summed E-state index contributed by atoms with van der Waals surface area (Å²) in [7, 11) is 2.93. The summed E-state index contributed by atoms with van der Waals surface area (Å²) >= 11 is 5.92. The number of carbonyl (C=O) groups is 1. The summed E-state index contributed by atoms with van der Waals surface area (Å²) in [6.45, 7) is 0. The number of nitrogens with zero attached hydrogens (tertiary/aromatic N) is 2. The van der Waals surface area contributed by atoms with Crippen molar-refractivity contribution < 1.29 is 27.4 Å². The lowest BCUT2D eigenvalue weighted by atomic mass is 9.96. The molecule has 11 heteroatoms. The number of nitrogens with one attached hydrogen (secondary N) is 2. The molecule has 3 aromatic rings. The van der Waals surface area contributed by atoms with Crippen LogP contribution in [0.5, 0.6) is 11.5 Å². The fourth-order valence-corrected chi connectivity index (χ4v) is 3.92. The number of fused-ring (bicyclic) bond motifs is 1. The van der Waals surface area contributed by atoms with Gasteiger partial charge in [0.05, 0.1) is 20.3 Å². The number of methoxy groups -OCH3 is 2. The number of benzene rings is 2. The highest BCUT2D eigenvalue weighted by Crippen LogP contribution is 2.44. The maximum absolute atomic E-state index is 13.9. The van der Waals surface area contributed by atoms with E-state index in [0.29, 0.717) is 27.8 Å². The van der Waals surface area contributed by atoms with Crippen LogP contribution in [-0.4, -0.2) is 36.1 Å². The van der Waals surface area contributed by atoms with Crippen LogP contribution < -0.4 is 20.1 Å². The maximum Gasteiger partial charge on any atom is 0.410 e. The van der Waals surface area contributed by atoms with E-state index in [4.69, 9.17) is 21.1 Å². The zero-order valence-electron chi connectivity index (χ0n) is 17.6. The molecule has 0 unspecified atom stereocenters. The molecular formula is C22H20ClF3N4O3. The van der Waals surface area contributed by atoms with Gasteiger partial charge in [-0.3, -0.25) is 4.79 Å². The van der Waals surface area contributed by atoms with Gasteiger partial charge in [0, 0.05) is 23.2 Å². The summed E-state index contributed by atoms with van der Waals surface area (Å²) in [6.07, 6.45) is -4.89. The number of alkyl halides is 3. The van der Waals surface area contributed by atoms with E-state index in [1.165, 1.54) is 26.4 Å². The van der Waals surface area contributed by atoms with Gasteiger partial charge in [0.1, 0.15) is 5.82 Å². The molecule has 0 aliphatic carbocycles. The number of hydrogen-bond acceptors (Lipinski definition) is 5. The van der Waals surface area contributed by atoms with Gasteiger partial charge in [-0.2, -0.15) is 18.3 Å². The van der Waals surface area contributed by atoms with Gasteiger partial charge < -0.3 is 20.1 Å². The lowest BCUT2D eigenvalue weighted by molar-refractivity contribution is -0.173. The molecule has 4 rings (SSSR count). The van der Waals surface area contributed by atoms with Crippen molar-refractivity contribution in [3.05, 3.63) is 64.8 Å². The molecule has 1 aliphatic rings. The monoisotopic (exact) mass is 480 g/mol. The number of amides is 1. The summed E-state index contributed by atoms with van der Waals surface area (Å²) in [5, 5.41) is 10.0. The Labute approximate surface area is 192 Å². The first-order valence-corrected chi connectivity index (χ1v) is 10.3. The molecule has 1 aliphatic heterocycles. The Hall–Kier alpha value is -3.40. The van der Waals surface area contributed by atoms with Gasteiger partial charge in [-0.1, -0.05) is 23.7 Å². The second kappa shape index (κ2) is 8.86. The molecule has 0 saturated carbocycles. The van der Waals surface area contributed by atoms with Crippen molar-refractivity contribution in [2.75, 3.05) is 24.9 Å². The van der Waals surface area contributed by atoms with E-state index in [1.54, 1.807) is 36.4 Å². The minimum absolute atomic E-state index is 0.0830. The molecule has 7 nitrogen and oxygen atoms in total. The lowest BCUT2D eigenvalue weighted by Gasteiger charge is -2.33. The minimum atomic E-state index is -4.57. The molecule has 33 heavy (non-hydrogen) atoms. The maximum atomic E-state index is 13.9. The molecule has 2 heterocycles. The highest BCUT2D eigenvalue weighted by molar-refractivity contribution is 6.30. The Morgan fingerprint density at radius 1 is 1.15 bits per heavy atom. The standard InChI is InChI=1S/C22H20ClF3N4O3/c1-32-17-7-6-12(8-18(17)33-2)15-10-19(22(24,25)26)30-20(28-15)11-16(29-30)21(31)27-14-5-3-4-13(23)9-14/h3-9,11,15,19,28H,10H2,1-2H3,(H,27,31)/t15-,19-/m1/s1. The van der Waals surface area contributed by atoms with Gasteiger partial charge in [-0.05, 0) is 35.9 Å². The van der Waals surface area contributed by atoms with Gasteiger partial charge in [-0.25, -0.2) is 4.68 Å². The summed E-state index contributed by atoms with van der Waals surface area (Å²) < 4.78 is 53.1. The molecule has 2 atom stereocenters. The first kappa shape index (κ1) is 22.8. The highest BCUT2D eigenvalue weighted by atomic mass is 35.5. The summed E-state index contributed by atoms with van der Waals surface area (Å²) in [5.41, 5.74) is 0.834. The van der Waals surface area contributed by atoms with Crippen molar-refractivity contribution in [3.63, 3.8) is 0 Å². The molecule has 0 bridgehead atoms. The zero-order chi connectivity index (χ0) is 23.8. The van der Waals surface area contributed by atoms with Crippen LogP contribution in [0.2, 0.25) is 5.02 Å². The largest absolute Gasteiger partial charge is 0.493 e. The van der Waals surface area contributed by atoms with E-state index < -0.39 is 24.2 Å². The van der Waals surface area contributed by atoms with Crippen molar-refractivity contribution in [1.29, 1.82) is 0 Å². The minimum Gasteiger partial charge on any atom is -0.493 e. The van der Waals surface area contributed by atoms with Crippen LogP contribution >= 0.6 is 11.6 Å². The average Bonchev–Trinajstić information content (AvgIpc) is 3.21. The predicted octanol–water partition coefficient (Wildman–Crippen LogP) is 5.47. The quantitative estimate of drug-likeness (QED) is 0.506. The van der Waals surface area contributed by atoms with Crippen LogP contribution in [0.1, 0.15) is 34.6 Å². The second-order valence-corrected chi connectivity index (χ2v) is 7.86. The average molecular weight is 481 g/mol. The summed E-state index contributed by atoms with van der Waals surface area (Å²) in [6, 6.07) is 10.0. The van der Waals surface area contributed by atoms with Crippen LogP contribution in [0.25, 0.3) is 0 Å². The topological polar surface area (TPSA) is 77.4 Å². The molecule has 0 spiro atoms. The number of hydrogen-bond donors (Lipinski definition) is 2. The third kappa shape index (κ3) is 4.70. The first-order valence-electron chi connectivity index (χ1n) is 9.91. The van der Waals surface area contributed by atoms with Crippen LogP contribution in [0, 0.1) is 0 Å². The number of rotatable bonds is 5. The number of carbonyl (C=O) groups excluding carboxylic acids is 1. The van der Waals surface area contributed by atoms with Crippen molar-refractivity contribution in [3.8, 4) is 11.5 Å². The molecular weight excluding hydrogens is 461 g/mol. The van der Waals surface area contributed by atoms with E-state index >= 15 is 0 Å². The van der Waals surface area contributed by atoms with E-state index in [-0.39, 0.29) is 17.9 Å². The highest BCUT2D eigenvalue weighted by Gasteiger charge is 2.47. The van der Waals surface area contributed by atoms with Crippen LogP contribution in [0.15, 0.2) is 48.5 Å². The fourth-order valence-electron chi connectivity index (χ4n) is 3.73. The Morgan fingerprint density at radius 2 is 1.91 bits per heavy atom. The van der Waals surface area contributed by atoms with Crippen LogP contribution in [0.4, 0.5) is 24.7 Å². The number of ether oxygens (including phenoxy) is 2. The third-order valence-corrected chi connectivity index (χ3v) is 5.55. The van der Waals surface area contributed by atoms with Gasteiger partial charge in [-0.15, -0.1) is 0 Å². The molecule has 2 N–H and O–H groups in total. The molecule has 2 aromatic carbocycles. The smallest absolute Gasteiger partial charge is 0.410 e. The van der Waals surface area contributed by atoms with Crippen molar-refractivity contribution in [1.82, 2.24) is 9.78 Å². The van der Waals surface area contributed by atoms with Gasteiger partial charge in [0.15, 0.2) is 23.2 Å². The SMILES string of the molecule is COc1ccc([C@H]2C[C@H](C(F)(F)F)n3nc(C(=O)Nc4cccc(Cl)c4)cc3N2)cc1OC. The van der Waals surface area contributed by atoms with Crippen LogP contribution in [-0.2, 0) is 0 Å². The fraction of sp³-hybridized carbons (Fsp3) is 0.273. The van der Waals surface area contributed by atoms with Gasteiger partial charge >= 0.3 is 6.18 Å². The van der Waals surface area contributed by atoms with Crippen molar-refractivity contribution in [2.24, 2.45) is 0 Å². The third-order valence-electron chi connectivity index (χ3n) is 5.31. The van der Waals surface area contributed by atoms with E-state index in [1.807, 2.05) is 0 Å². The molecule has 0 fully saturated rings. The lowest BCUT2D eigenvalue weighted by Crippen LogP contribution is -2.35. The Kier molecular flexibility index (Phi) is 6.11. The Morgan fingerprint density at radius 3 is 2.58 bits per heavy atom. The van der Waals surface area contributed by atoms with E-state index in [2.05, 4.69) is 15.7 Å². The molecule has 0 saturated heterocycles. The number of aromatic nitrogens is 2. The second-order valence-electron chi connectivity index (χ2n) is 7.43. The summed E-state index contributed by atoms with van der Waals surface area (Å²) in [5.74, 6) is 0.305. The van der Waals surface area contributed by atoms with Crippen LogP contribution in [0.3, 0.4) is 0 Å². The summed E-state index contributed by atoms with van der Waals surface area (Å²) in [4.78, 5) is 12.6. The molecule has 174 valence electrons. The Balaban J connectivity index is 1.65. The molecule has 1 aromatic heterocycles. The van der Waals surface area contributed by atoms with E-state index in [9.17, 15) is 18.0 Å². The molecule has 1 amide bonds. The zero-order valence-corrected chi connectivity index (χ0v) is 18.4. The Bertz CT molecular complexity index is 1180. The van der Waals surface area contributed by atoms with Crippen molar-refractivity contribution in [2.45, 2.75) is 24.7 Å². The van der Waals surface area contributed by atoms with Crippen molar-refractivity contribution >= 4 is 29.0 Å². The van der Waals surface area contributed by atoms with Gasteiger partial charge in [0.2, 0.25) is 0 Å². The number of halogens is 4. The number of anilines is 2. The van der Waals surface area contributed by atoms with E-state index in [0.717, 1.165) is 4.68 Å². The van der Waals surface area contributed by atoms with Gasteiger partial charge in [0.25, 0.3) is 5.91 Å². The normalized spacial score (nSPS) is 17.6.